The Kier molecular flexibility index (Phi) is 8.96. The van der Waals surface area contributed by atoms with Gasteiger partial charge in [0.1, 0.15) is 11.5 Å². The lowest BCUT2D eigenvalue weighted by molar-refractivity contribution is -0.159. The summed E-state index contributed by atoms with van der Waals surface area (Å²) in [5, 5.41) is 14.8. The van der Waals surface area contributed by atoms with Gasteiger partial charge in [0.15, 0.2) is 0 Å². The molecule has 1 aliphatic rings. The number of Topliss-reactive ketones (excluding diaryl/α,β-unsaturated/α-hetero) is 1. The molecule has 7 heteroatoms. The van der Waals surface area contributed by atoms with E-state index in [1.165, 1.54) is 16.7 Å². The molecule has 3 rings (SSSR count). The predicted molar refractivity (Wildman–Crippen MR) is 121 cm³/mol. The number of benzene rings is 2. The average molecular weight is 442 g/mol. The normalized spacial score (nSPS) is 17.2. The first-order chi connectivity index (χ1) is 15.2. The van der Waals surface area contributed by atoms with Crippen LogP contribution in [0.15, 0.2) is 48.5 Å². The number of carboxylic acid groups (broad SMARTS) is 2. The van der Waals surface area contributed by atoms with Crippen molar-refractivity contribution in [1.29, 1.82) is 0 Å². The quantitative estimate of drug-likeness (QED) is 0.633. The molecule has 0 bridgehead atoms. The van der Waals surface area contributed by atoms with Crippen molar-refractivity contribution in [3.8, 4) is 5.75 Å². The Morgan fingerprint density at radius 3 is 2.28 bits per heavy atom. The predicted octanol–water partition coefficient (Wildman–Crippen LogP) is 3.54. The number of ketones is 1. The van der Waals surface area contributed by atoms with Crippen molar-refractivity contribution in [3.05, 3.63) is 65.2 Å². The fraction of sp³-hybridized carbons (Fsp3) is 0.400. The Morgan fingerprint density at radius 1 is 1.06 bits per heavy atom. The summed E-state index contributed by atoms with van der Waals surface area (Å²) in [6, 6.07) is 16.7. The van der Waals surface area contributed by atoms with Crippen LogP contribution in [0.25, 0.3) is 0 Å². The number of hydrogen-bond donors (Lipinski definition) is 2. The summed E-state index contributed by atoms with van der Waals surface area (Å²) in [5.41, 5.74) is 3.41. The van der Waals surface area contributed by atoms with Gasteiger partial charge in [-0.2, -0.15) is 0 Å². The third-order valence-corrected chi connectivity index (χ3v) is 5.99. The summed E-state index contributed by atoms with van der Waals surface area (Å²) in [7, 11) is 3.82. The average Bonchev–Trinajstić information content (AvgIpc) is 2.79. The Bertz CT molecular complexity index is 931. The molecule has 0 fully saturated rings. The fourth-order valence-electron chi connectivity index (χ4n) is 4.18. The van der Waals surface area contributed by atoms with Gasteiger partial charge in [0, 0.05) is 13.0 Å². The van der Waals surface area contributed by atoms with E-state index in [1.54, 1.807) is 7.11 Å². The number of carbonyl (C=O) groups is 3. The standard InChI is InChI=1S/C23H29NO2.C2H2O4/c1-4-23(14-15-24(2)17-18-8-6-5-7-9-18)21-16-20(26-3)12-10-19(21)11-13-22(23)25;3-1(4)2(5)6/h5-10,12,16H,4,11,13-15,17H2,1-3H3;(H,3,4)(H,5,6). The first-order valence-corrected chi connectivity index (χ1v) is 10.6. The van der Waals surface area contributed by atoms with Gasteiger partial charge in [-0.3, -0.25) is 4.79 Å². The third kappa shape index (κ3) is 6.17. The Hall–Kier alpha value is -3.19. The zero-order valence-electron chi connectivity index (χ0n) is 18.8. The van der Waals surface area contributed by atoms with Crippen LogP contribution in [-0.2, 0) is 32.8 Å². The number of carbonyl (C=O) groups excluding carboxylic acids is 1. The van der Waals surface area contributed by atoms with Gasteiger partial charge in [0.2, 0.25) is 0 Å². The van der Waals surface area contributed by atoms with Crippen molar-refractivity contribution in [3.63, 3.8) is 0 Å². The smallest absolute Gasteiger partial charge is 0.414 e. The Morgan fingerprint density at radius 2 is 1.72 bits per heavy atom. The number of ether oxygens (including phenoxy) is 1. The maximum atomic E-state index is 13.0. The summed E-state index contributed by atoms with van der Waals surface area (Å²) in [6.07, 6.45) is 3.19. The van der Waals surface area contributed by atoms with Crippen LogP contribution < -0.4 is 4.74 Å². The van der Waals surface area contributed by atoms with Gasteiger partial charge in [-0.1, -0.05) is 43.3 Å². The second kappa shape index (κ2) is 11.4. The first-order valence-electron chi connectivity index (χ1n) is 10.6. The number of aliphatic carboxylic acids is 2. The second-order valence-corrected chi connectivity index (χ2v) is 7.97. The SMILES string of the molecule is CCC1(CCN(C)Cc2ccccc2)C(=O)CCc2ccc(OC)cc21.O=C(O)C(=O)O. The topological polar surface area (TPSA) is 104 Å². The molecule has 2 N–H and O–H groups in total. The molecular weight excluding hydrogens is 410 g/mol. The molecule has 0 aromatic heterocycles. The molecule has 32 heavy (non-hydrogen) atoms. The van der Waals surface area contributed by atoms with Gasteiger partial charge in [0.25, 0.3) is 0 Å². The maximum Gasteiger partial charge on any atom is 0.414 e. The zero-order valence-corrected chi connectivity index (χ0v) is 18.8. The minimum atomic E-state index is -1.82. The van der Waals surface area contributed by atoms with Crippen LogP contribution >= 0.6 is 0 Å². The molecule has 172 valence electrons. The second-order valence-electron chi connectivity index (χ2n) is 7.97. The molecule has 0 saturated heterocycles. The maximum absolute atomic E-state index is 13.0. The third-order valence-electron chi connectivity index (χ3n) is 5.99. The van der Waals surface area contributed by atoms with Gasteiger partial charge >= 0.3 is 11.9 Å². The van der Waals surface area contributed by atoms with Crippen molar-refractivity contribution >= 4 is 17.7 Å². The van der Waals surface area contributed by atoms with Crippen LogP contribution in [0.1, 0.15) is 42.9 Å². The summed E-state index contributed by atoms with van der Waals surface area (Å²) in [4.78, 5) is 33.5. The molecule has 2 aromatic rings. The number of aryl methyl sites for hydroxylation is 1. The molecule has 0 heterocycles. The van der Waals surface area contributed by atoms with E-state index in [0.717, 1.165) is 38.1 Å². The van der Waals surface area contributed by atoms with E-state index >= 15 is 0 Å². The highest BCUT2D eigenvalue weighted by Crippen LogP contribution is 2.42. The van der Waals surface area contributed by atoms with Gasteiger partial charge in [0.05, 0.1) is 12.5 Å². The molecule has 0 saturated carbocycles. The number of methoxy groups -OCH3 is 1. The van der Waals surface area contributed by atoms with Crippen molar-refractivity contribution in [2.75, 3.05) is 20.7 Å². The van der Waals surface area contributed by atoms with E-state index in [1.807, 2.05) is 12.1 Å². The molecule has 0 radical (unpaired) electrons. The van der Waals surface area contributed by atoms with Gasteiger partial charge < -0.3 is 19.8 Å². The van der Waals surface area contributed by atoms with Gasteiger partial charge in [-0.25, -0.2) is 9.59 Å². The summed E-state index contributed by atoms with van der Waals surface area (Å²) >= 11 is 0. The van der Waals surface area contributed by atoms with Crippen LogP contribution in [0.4, 0.5) is 0 Å². The van der Waals surface area contributed by atoms with Crippen LogP contribution in [-0.4, -0.2) is 53.5 Å². The molecule has 2 aromatic carbocycles. The van der Waals surface area contributed by atoms with Crippen LogP contribution in [0, 0.1) is 0 Å². The molecule has 0 amide bonds. The minimum absolute atomic E-state index is 0.382. The molecular formula is C25H31NO6. The van der Waals surface area contributed by atoms with E-state index in [0.29, 0.717) is 12.2 Å². The Balaban J connectivity index is 0.000000534. The molecule has 1 aliphatic carbocycles. The van der Waals surface area contributed by atoms with Gasteiger partial charge in [-0.15, -0.1) is 0 Å². The largest absolute Gasteiger partial charge is 0.497 e. The Labute approximate surface area is 188 Å². The highest BCUT2D eigenvalue weighted by molar-refractivity contribution is 6.27. The molecule has 0 aliphatic heterocycles. The number of nitrogens with zero attached hydrogens (tertiary/aromatic N) is 1. The van der Waals surface area contributed by atoms with E-state index in [-0.39, 0.29) is 5.41 Å². The molecule has 0 spiro atoms. The van der Waals surface area contributed by atoms with Crippen molar-refractivity contribution in [1.82, 2.24) is 4.90 Å². The summed E-state index contributed by atoms with van der Waals surface area (Å²) in [6.45, 7) is 3.94. The van der Waals surface area contributed by atoms with Gasteiger partial charge in [-0.05, 0) is 61.7 Å². The van der Waals surface area contributed by atoms with E-state index in [4.69, 9.17) is 24.5 Å². The highest BCUT2D eigenvalue weighted by atomic mass is 16.5. The number of hydrogen-bond acceptors (Lipinski definition) is 5. The highest BCUT2D eigenvalue weighted by Gasteiger charge is 2.42. The van der Waals surface area contributed by atoms with E-state index < -0.39 is 11.9 Å². The molecule has 1 unspecified atom stereocenters. The van der Waals surface area contributed by atoms with Crippen LogP contribution in [0.5, 0.6) is 5.75 Å². The first kappa shape index (κ1) is 25.1. The lowest BCUT2D eigenvalue weighted by atomic mass is 9.65. The number of fused-ring (bicyclic) bond motifs is 1. The van der Waals surface area contributed by atoms with Crippen LogP contribution in [0.2, 0.25) is 0 Å². The van der Waals surface area contributed by atoms with E-state index in [2.05, 4.69) is 55.3 Å². The summed E-state index contributed by atoms with van der Waals surface area (Å²) in [5.74, 6) is -2.42. The zero-order chi connectivity index (χ0) is 23.7. The van der Waals surface area contributed by atoms with Crippen molar-refractivity contribution in [2.45, 2.75) is 44.6 Å². The monoisotopic (exact) mass is 441 g/mol. The molecule has 7 nitrogen and oxygen atoms in total. The van der Waals surface area contributed by atoms with E-state index in [9.17, 15) is 4.79 Å². The van der Waals surface area contributed by atoms with Crippen LogP contribution in [0.3, 0.4) is 0 Å². The van der Waals surface area contributed by atoms with Crippen molar-refractivity contribution in [2.24, 2.45) is 0 Å². The summed E-state index contributed by atoms with van der Waals surface area (Å²) < 4.78 is 5.44. The number of rotatable bonds is 7. The molecule has 1 atom stereocenters. The fourth-order valence-corrected chi connectivity index (χ4v) is 4.18. The number of carboxylic acids is 2. The lowest BCUT2D eigenvalue weighted by Crippen LogP contribution is -2.42. The lowest BCUT2D eigenvalue weighted by Gasteiger charge is -2.38. The minimum Gasteiger partial charge on any atom is -0.497 e. The van der Waals surface area contributed by atoms with Crippen molar-refractivity contribution < 1.29 is 29.3 Å².